The van der Waals surface area contributed by atoms with Crippen molar-refractivity contribution < 1.29 is 9.47 Å². The zero-order valence-electron chi connectivity index (χ0n) is 18.9. The van der Waals surface area contributed by atoms with Crippen LogP contribution in [0.4, 0.5) is 5.82 Å². The van der Waals surface area contributed by atoms with Crippen molar-refractivity contribution in [2.45, 2.75) is 26.3 Å². The molecule has 0 bridgehead atoms. The van der Waals surface area contributed by atoms with Gasteiger partial charge in [0.25, 0.3) is 0 Å². The molecule has 0 saturated heterocycles. The molecule has 0 amide bonds. The molecule has 6 nitrogen and oxygen atoms in total. The number of hydrogen-bond acceptors (Lipinski definition) is 6. The van der Waals surface area contributed by atoms with E-state index in [0.29, 0.717) is 17.3 Å². The van der Waals surface area contributed by atoms with E-state index in [9.17, 15) is 0 Å². The van der Waals surface area contributed by atoms with Crippen LogP contribution in [-0.4, -0.2) is 49.2 Å². The summed E-state index contributed by atoms with van der Waals surface area (Å²) in [5, 5.41) is 4.47. The van der Waals surface area contributed by atoms with Crippen LogP contribution in [0.5, 0.6) is 11.5 Å². The lowest BCUT2D eigenvalue weighted by molar-refractivity contribution is 0.356. The van der Waals surface area contributed by atoms with Crippen LogP contribution in [-0.2, 0) is 0 Å². The summed E-state index contributed by atoms with van der Waals surface area (Å²) in [7, 11) is 5.42. The molecule has 31 heavy (non-hydrogen) atoms. The van der Waals surface area contributed by atoms with Crippen LogP contribution in [0, 0.1) is 6.92 Å². The van der Waals surface area contributed by atoms with E-state index in [1.807, 2.05) is 19.1 Å². The van der Waals surface area contributed by atoms with Crippen LogP contribution in [0.3, 0.4) is 0 Å². The van der Waals surface area contributed by atoms with Gasteiger partial charge in [0.1, 0.15) is 11.6 Å². The van der Waals surface area contributed by atoms with E-state index in [0.717, 1.165) is 36.2 Å². The molecule has 0 saturated carbocycles. The molecule has 162 valence electrons. The molecule has 0 radical (unpaired) electrons. The van der Waals surface area contributed by atoms with E-state index >= 15 is 0 Å². The first kappa shape index (κ1) is 21.1. The van der Waals surface area contributed by atoms with Gasteiger partial charge in [-0.1, -0.05) is 30.3 Å². The molecule has 4 rings (SSSR count). The summed E-state index contributed by atoms with van der Waals surface area (Å²) in [5.41, 5.74) is 4.78. The first-order chi connectivity index (χ1) is 15.0. The minimum absolute atomic E-state index is 0.0890. The van der Waals surface area contributed by atoms with Crippen molar-refractivity contribution in [3.05, 3.63) is 59.4 Å². The lowest BCUT2D eigenvalue weighted by Gasteiger charge is -2.22. The summed E-state index contributed by atoms with van der Waals surface area (Å²) in [6.45, 7) is 6.17. The van der Waals surface area contributed by atoms with E-state index in [1.54, 1.807) is 14.2 Å². The predicted molar refractivity (Wildman–Crippen MR) is 126 cm³/mol. The summed E-state index contributed by atoms with van der Waals surface area (Å²) < 4.78 is 10.9. The van der Waals surface area contributed by atoms with Crippen LogP contribution in [0.1, 0.15) is 36.3 Å². The smallest absolute Gasteiger partial charge is 0.162 e. The van der Waals surface area contributed by atoms with Gasteiger partial charge >= 0.3 is 0 Å². The minimum Gasteiger partial charge on any atom is -0.493 e. The molecule has 1 unspecified atom stereocenters. The number of nitrogens with one attached hydrogen (secondary N) is 1. The Labute approximate surface area is 183 Å². The van der Waals surface area contributed by atoms with Gasteiger partial charge < -0.3 is 19.7 Å². The van der Waals surface area contributed by atoms with Crippen molar-refractivity contribution in [3.8, 4) is 11.5 Å². The van der Waals surface area contributed by atoms with Crippen LogP contribution >= 0.6 is 0 Å². The number of hydrogen-bond donors (Lipinski definition) is 1. The number of aryl methyl sites for hydroxylation is 1. The number of benzene rings is 2. The summed E-state index contributed by atoms with van der Waals surface area (Å²) in [6.07, 6.45) is 3.43. The fraction of sp³-hybridized carbons (Fsp3) is 0.360. The first-order valence-electron chi connectivity index (χ1n) is 10.6. The number of aromatic nitrogens is 2. The van der Waals surface area contributed by atoms with Gasteiger partial charge in [0.05, 0.1) is 19.7 Å². The van der Waals surface area contributed by atoms with Gasteiger partial charge in [0.2, 0.25) is 0 Å². The van der Waals surface area contributed by atoms with Crippen molar-refractivity contribution in [1.82, 2.24) is 14.9 Å². The number of nitrogens with zero attached hydrogens (tertiary/aromatic N) is 3. The number of fused-ring (bicyclic) bond motifs is 1. The maximum atomic E-state index is 5.48. The molecule has 1 N–H and O–H groups in total. The molecular weight excluding hydrogens is 388 g/mol. The average molecular weight is 419 g/mol. The summed E-state index contributed by atoms with van der Waals surface area (Å²) in [5.74, 6) is 2.82. The van der Waals surface area contributed by atoms with E-state index in [2.05, 4.69) is 64.5 Å². The highest BCUT2D eigenvalue weighted by molar-refractivity contribution is 5.92. The molecule has 1 aliphatic heterocycles. The zero-order chi connectivity index (χ0) is 22.0. The van der Waals surface area contributed by atoms with Gasteiger partial charge in [-0.05, 0) is 50.1 Å². The van der Waals surface area contributed by atoms with Gasteiger partial charge in [0, 0.05) is 30.6 Å². The molecule has 3 aromatic rings. The monoisotopic (exact) mass is 418 g/mol. The molecule has 1 aromatic heterocycles. The molecule has 2 heterocycles. The summed E-state index contributed by atoms with van der Waals surface area (Å²) >= 11 is 0. The fourth-order valence-corrected chi connectivity index (χ4v) is 3.99. The maximum Gasteiger partial charge on any atom is 0.162 e. The van der Waals surface area contributed by atoms with E-state index in [4.69, 9.17) is 9.47 Å². The minimum atomic E-state index is 0.0890. The number of methoxy groups -OCH3 is 2. The number of anilines is 1. The Kier molecular flexibility index (Phi) is 6.09. The Morgan fingerprint density at radius 1 is 1.03 bits per heavy atom. The van der Waals surface area contributed by atoms with E-state index in [-0.39, 0.29) is 6.04 Å². The molecule has 0 aliphatic carbocycles. The standard InChI is InChI=1S/C25H30N4O2/c1-16(18-6-8-19(9-7-18)20-10-12-29(3)13-11-20)26-25-21-14-23(30-4)24(31-5)15-22(21)27-17(2)28-25/h6-10,14-16H,11-13H2,1-5H3,(H,26,27,28). The molecule has 1 aliphatic rings. The third kappa shape index (κ3) is 4.49. The second-order valence-corrected chi connectivity index (χ2v) is 8.07. The van der Waals surface area contributed by atoms with Crippen molar-refractivity contribution >= 4 is 22.3 Å². The molecule has 1 atom stereocenters. The normalized spacial score (nSPS) is 15.5. The largest absolute Gasteiger partial charge is 0.493 e. The Morgan fingerprint density at radius 3 is 2.39 bits per heavy atom. The topological polar surface area (TPSA) is 59.5 Å². The van der Waals surface area contributed by atoms with Crippen molar-refractivity contribution in [2.24, 2.45) is 0 Å². The molecule has 6 heteroatoms. The van der Waals surface area contributed by atoms with Crippen LogP contribution in [0.25, 0.3) is 16.5 Å². The fourth-order valence-electron chi connectivity index (χ4n) is 3.99. The Hall–Kier alpha value is -3.12. The van der Waals surface area contributed by atoms with E-state index in [1.165, 1.54) is 16.7 Å². The molecular formula is C25H30N4O2. The SMILES string of the molecule is COc1cc2nc(C)nc(NC(C)c3ccc(C4=CCN(C)CC4)cc3)c2cc1OC. The lowest BCUT2D eigenvalue weighted by Crippen LogP contribution is -2.23. The maximum absolute atomic E-state index is 5.48. The lowest BCUT2D eigenvalue weighted by atomic mass is 9.97. The second kappa shape index (κ2) is 8.94. The highest BCUT2D eigenvalue weighted by atomic mass is 16.5. The van der Waals surface area contributed by atoms with Gasteiger partial charge in [-0.25, -0.2) is 9.97 Å². The summed E-state index contributed by atoms with van der Waals surface area (Å²) in [6, 6.07) is 12.8. The van der Waals surface area contributed by atoms with Gasteiger partial charge in [0.15, 0.2) is 11.5 Å². The average Bonchev–Trinajstić information content (AvgIpc) is 2.78. The van der Waals surface area contributed by atoms with E-state index < -0.39 is 0 Å². The second-order valence-electron chi connectivity index (χ2n) is 8.07. The Morgan fingerprint density at radius 2 is 1.74 bits per heavy atom. The van der Waals surface area contributed by atoms with Crippen molar-refractivity contribution in [3.63, 3.8) is 0 Å². The van der Waals surface area contributed by atoms with Crippen molar-refractivity contribution in [2.75, 3.05) is 39.7 Å². The predicted octanol–water partition coefficient (Wildman–Crippen LogP) is 4.85. The number of likely N-dealkylation sites (N-methyl/N-ethyl adjacent to an activating group) is 1. The van der Waals surface area contributed by atoms with Crippen LogP contribution in [0.2, 0.25) is 0 Å². The number of rotatable bonds is 6. The van der Waals surface area contributed by atoms with Gasteiger partial charge in [-0.3, -0.25) is 0 Å². The third-order valence-corrected chi connectivity index (χ3v) is 5.86. The molecule has 0 spiro atoms. The van der Waals surface area contributed by atoms with Crippen molar-refractivity contribution in [1.29, 1.82) is 0 Å². The highest BCUT2D eigenvalue weighted by Gasteiger charge is 2.15. The molecule has 0 fully saturated rings. The quantitative estimate of drug-likeness (QED) is 0.618. The zero-order valence-corrected chi connectivity index (χ0v) is 18.9. The Bertz CT molecular complexity index is 1110. The number of ether oxygens (including phenoxy) is 2. The van der Waals surface area contributed by atoms with Crippen LogP contribution in [0.15, 0.2) is 42.5 Å². The first-order valence-corrected chi connectivity index (χ1v) is 10.6. The van der Waals surface area contributed by atoms with Crippen LogP contribution < -0.4 is 14.8 Å². The van der Waals surface area contributed by atoms with Gasteiger partial charge in [-0.15, -0.1) is 0 Å². The third-order valence-electron chi connectivity index (χ3n) is 5.86. The summed E-state index contributed by atoms with van der Waals surface area (Å²) in [4.78, 5) is 11.6. The Balaban J connectivity index is 1.60. The molecule has 2 aromatic carbocycles. The highest BCUT2D eigenvalue weighted by Crippen LogP contribution is 2.35. The van der Waals surface area contributed by atoms with Gasteiger partial charge in [-0.2, -0.15) is 0 Å².